The third-order valence-corrected chi connectivity index (χ3v) is 4.78. The summed E-state index contributed by atoms with van der Waals surface area (Å²) in [5, 5.41) is 14.4. The number of halogens is 4. The molecule has 0 aliphatic carbocycles. The van der Waals surface area contributed by atoms with Crippen LogP contribution in [0.3, 0.4) is 0 Å². The normalized spacial score (nSPS) is 13.7. The number of nitrogens with zero attached hydrogens (tertiary/aromatic N) is 2. The number of amides is 1. The molecule has 23 heavy (non-hydrogen) atoms. The first-order valence-corrected chi connectivity index (χ1v) is 9.75. The lowest BCUT2D eigenvalue weighted by atomic mass is 9.98. The second-order valence-electron chi connectivity index (χ2n) is 4.77. The van der Waals surface area contributed by atoms with Crippen molar-refractivity contribution in [3.63, 3.8) is 0 Å². The molecule has 0 fully saturated rings. The van der Waals surface area contributed by atoms with Gasteiger partial charge in [0.15, 0.2) is 5.54 Å². The van der Waals surface area contributed by atoms with E-state index in [-0.39, 0.29) is 12.1 Å². The Morgan fingerprint density at radius 2 is 2.17 bits per heavy atom. The quantitative estimate of drug-likeness (QED) is 0.477. The molecule has 1 atom stereocenters. The average Bonchev–Trinajstić information content (AvgIpc) is 2.51. The van der Waals surface area contributed by atoms with E-state index in [4.69, 9.17) is 10.8 Å². The summed E-state index contributed by atoms with van der Waals surface area (Å²) in [5.74, 6) is -0.107. The van der Waals surface area contributed by atoms with Crippen molar-refractivity contribution in [3.8, 4) is 6.07 Å². The predicted octanol–water partition coefficient (Wildman–Crippen LogP) is 4.78. The highest BCUT2D eigenvalue weighted by atomic mass is 127. The lowest BCUT2D eigenvalue weighted by Crippen LogP contribution is -2.38. The van der Waals surface area contributed by atoms with Gasteiger partial charge in [-0.25, -0.2) is 5.53 Å². The number of carbonyl (C=O) groups is 1. The van der Waals surface area contributed by atoms with Gasteiger partial charge in [0, 0.05) is 11.4 Å². The Kier molecular flexibility index (Phi) is 6.82. The third-order valence-electron chi connectivity index (χ3n) is 3.11. The third kappa shape index (κ3) is 5.07. The van der Waals surface area contributed by atoms with E-state index < -0.39 is 28.7 Å². The predicted molar refractivity (Wildman–Crippen MR) is 89.4 cm³/mol. The first kappa shape index (κ1) is 19.7. The van der Waals surface area contributed by atoms with Crippen LogP contribution in [0, 0.1) is 16.9 Å². The minimum absolute atomic E-state index is 0.0988. The second-order valence-corrected chi connectivity index (χ2v) is 7.27. The fourth-order valence-electron chi connectivity index (χ4n) is 1.68. The number of anilines is 1. The lowest BCUT2D eigenvalue weighted by Gasteiger charge is -2.22. The average molecular weight is 456 g/mol. The van der Waals surface area contributed by atoms with Crippen LogP contribution in [0.1, 0.15) is 24.5 Å². The molecule has 1 aromatic carbocycles. The molecular formula is C13H12F3IN4OS. The van der Waals surface area contributed by atoms with Crippen LogP contribution in [0.4, 0.5) is 18.9 Å². The molecule has 0 saturated carbocycles. The molecule has 1 amide bonds. The summed E-state index contributed by atoms with van der Waals surface area (Å²) in [6, 6.07) is 4.38. The molecule has 10 heteroatoms. The first-order valence-electron chi connectivity index (χ1n) is 6.23. The van der Waals surface area contributed by atoms with Crippen molar-refractivity contribution in [3.05, 3.63) is 29.3 Å². The molecule has 124 valence electrons. The van der Waals surface area contributed by atoms with E-state index >= 15 is 0 Å². The zero-order valence-electron chi connectivity index (χ0n) is 11.9. The standard InChI is InChI=1S/C13H12F3IN4OS/c1-12(21-19,4-5-23-17)11(22)20-9-3-2-8(7-18)10(6-9)13(14,15)16/h2-3,6,19H,4-5H2,1H3,(H,20,22). The highest BCUT2D eigenvalue weighted by Gasteiger charge is 2.35. The molecule has 0 saturated heterocycles. The Bertz CT molecular complexity index is 647. The Hall–Kier alpha value is -1.35. The van der Waals surface area contributed by atoms with Crippen LogP contribution in [0.25, 0.3) is 0 Å². The maximum Gasteiger partial charge on any atom is 0.417 e. The van der Waals surface area contributed by atoms with Crippen LogP contribution in [0.2, 0.25) is 0 Å². The molecule has 1 aromatic rings. The summed E-state index contributed by atoms with van der Waals surface area (Å²) in [6.45, 7) is 1.44. The van der Waals surface area contributed by atoms with Gasteiger partial charge in [0.05, 0.1) is 17.2 Å². The van der Waals surface area contributed by atoms with Crippen LogP contribution in [-0.4, -0.2) is 17.2 Å². The number of hydrogen-bond donors (Lipinski definition) is 2. The van der Waals surface area contributed by atoms with Gasteiger partial charge < -0.3 is 5.32 Å². The minimum Gasteiger partial charge on any atom is -0.324 e. The van der Waals surface area contributed by atoms with E-state index in [0.29, 0.717) is 11.8 Å². The lowest BCUT2D eigenvalue weighted by molar-refractivity contribution is -0.137. The fourth-order valence-corrected chi connectivity index (χ4v) is 2.81. The molecule has 0 bridgehead atoms. The number of benzene rings is 1. The van der Waals surface area contributed by atoms with Crippen molar-refractivity contribution in [2.24, 2.45) is 5.11 Å². The maximum atomic E-state index is 12.9. The van der Waals surface area contributed by atoms with E-state index in [1.807, 2.05) is 21.2 Å². The molecule has 0 aliphatic rings. The summed E-state index contributed by atoms with van der Waals surface area (Å²) < 4.78 is 38.7. The fraction of sp³-hybridized carbons (Fsp3) is 0.385. The van der Waals surface area contributed by atoms with Crippen LogP contribution >= 0.6 is 30.1 Å². The molecule has 2 N–H and O–H groups in total. The largest absolute Gasteiger partial charge is 0.417 e. The van der Waals surface area contributed by atoms with E-state index in [1.165, 1.54) is 28.0 Å². The molecule has 5 nitrogen and oxygen atoms in total. The van der Waals surface area contributed by atoms with Crippen molar-refractivity contribution in [2.45, 2.75) is 25.1 Å². The smallest absolute Gasteiger partial charge is 0.324 e. The molecule has 0 spiro atoms. The van der Waals surface area contributed by atoms with E-state index in [0.717, 1.165) is 6.07 Å². The van der Waals surface area contributed by atoms with Crippen LogP contribution in [0.15, 0.2) is 23.3 Å². The van der Waals surface area contributed by atoms with Crippen LogP contribution in [-0.2, 0) is 11.0 Å². The van der Waals surface area contributed by atoms with Crippen molar-refractivity contribution in [1.29, 1.82) is 10.8 Å². The van der Waals surface area contributed by atoms with Crippen molar-refractivity contribution in [2.75, 3.05) is 11.1 Å². The minimum atomic E-state index is -4.70. The van der Waals surface area contributed by atoms with Gasteiger partial charge in [-0.2, -0.15) is 23.5 Å². The number of nitriles is 1. The number of rotatable bonds is 6. The van der Waals surface area contributed by atoms with Gasteiger partial charge in [0.25, 0.3) is 5.91 Å². The van der Waals surface area contributed by atoms with Crippen molar-refractivity contribution >= 4 is 41.7 Å². The summed E-state index contributed by atoms with van der Waals surface area (Å²) in [7, 11) is 1.44. The molecule has 1 unspecified atom stereocenters. The SMILES string of the molecule is CC(CCSI)(N=N)C(=O)Nc1ccc(C#N)c(C(F)(F)F)c1. The number of carbonyl (C=O) groups excluding carboxylic acids is 1. The monoisotopic (exact) mass is 456 g/mol. The summed E-state index contributed by atoms with van der Waals surface area (Å²) in [6.07, 6.45) is -4.43. The van der Waals surface area contributed by atoms with Gasteiger partial charge in [-0.1, -0.05) is 8.93 Å². The van der Waals surface area contributed by atoms with Gasteiger partial charge >= 0.3 is 6.18 Å². The number of nitrogens with one attached hydrogen (secondary N) is 2. The molecule has 0 heterocycles. The van der Waals surface area contributed by atoms with Gasteiger partial charge in [-0.3, -0.25) is 4.79 Å². The van der Waals surface area contributed by atoms with Crippen molar-refractivity contribution in [1.82, 2.24) is 0 Å². The molecule has 0 aliphatic heterocycles. The zero-order chi connectivity index (χ0) is 17.7. The Labute approximate surface area is 147 Å². The Balaban J connectivity index is 3.08. The van der Waals surface area contributed by atoms with Gasteiger partial charge in [0.1, 0.15) is 0 Å². The molecule has 1 rings (SSSR count). The molecular weight excluding hydrogens is 444 g/mol. The number of hydrogen-bond acceptors (Lipinski definition) is 5. The van der Waals surface area contributed by atoms with Gasteiger partial charge in [-0.05, 0) is 52.7 Å². The van der Waals surface area contributed by atoms with E-state index in [2.05, 4.69) is 10.4 Å². The van der Waals surface area contributed by atoms with Crippen molar-refractivity contribution < 1.29 is 18.0 Å². The van der Waals surface area contributed by atoms with Gasteiger partial charge in [-0.15, -0.1) is 0 Å². The summed E-state index contributed by atoms with van der Waals surface area (Å²) in [4.78, 5) is 12.2. The van der Waals surface area contributed by atoms with Gasteiger partial charge in [0.2, 0.25) is 0 Å². The maximum absolute atomic E-state index is 12.9. The highest BCUT2D eigenvalue weighted by molar-refractivity contribution is 14.2. The summed E-state index contributed by atoms with van der Waals surface area (Å²) >= 11 is 2.04. The second kappa shape index (κ2) is 7.96. The Morgan fingerprint density at radius 1 is 1.52 bits per heavy atom. The molecule has 0 aromatic heterocycles. The zero-order valence-corrected chi connectivity index (χ0v) is 14.8. The van der Waals surface area contributed by atoms with E-state index in [1.54, 1.807) is 0 Å². The summed E-state index contributed by atoms with van der Waals surface area (Å²) in [5.41, 5.74) is 4.07. The Morgan fingerprint density at radius 3 is 2.65 bits per heavy atom. The van der Waals surface area contributed by atoms with Crippen LogP contribution in [0.5, 0.6) is 0 Å². The van der Waals surface area contributed by atoms with E-state index in [9.17, 15) is 18.0 Å². The molecule has 0 radical (unpaired) electrons. The first-order chi connectivity index (χ1) is 10.7. The highest BCUT2D eigenvalue weighted by Crippen LogP contribution is 2.34. The topological polar surface area (TPSA) is 89.1 Å². The number of alkyl halides is 3. The van der Waals surface area contributed by atoms with Crippen LogP contribution < -0.4 is 5.32 Å².